The van der Waals surface area contributed by atoms with Crippen LogP contribution in [0.5, 0.6) is 0 Å². The van der Waals surface area contributed by atoms with Crippen LogP contribution in [0.1, 0.15) is 31.7 Å². The monoisotopic (exact) mass is 280 g/mol. The van der Waals surface area contributed by atoms with Gasteiger partial charge in [-0.15, -0.1) is 0 Å². The van der Waals surface area contributed by atoms with E-state index in [2.05, 4.69) is 28.4 Å². The molecule has 0 radical (unpaired) electrons. The van der Waals surface area contributed by atoms with Gasteiger partial charge in [-0.25, -0.2) is 0 Å². The van der Waals surface area contributed by atoms with Gasteiger partial charge in [0, 0.05) is 24.8 Å². The second kappa shape index (κ2) is 8.39. The molecular weight excluding hydrogens is 252 g/mol. The molecule has 1 saturated heterocycles. The molecule has 114 valence electrons. The highest BCUT2D eigenvalue weighted by Gasteiger charge is 2.17. The fourth-order valence-corrected chi connectivity index (χ4v) is 2.97. The number of rotatable bonds is 8. The summed E-state index contributed by atoms with van der Waals surface area (Å²) in [6.07, 6.45) is 7.82. The minimum Gasteiger partial charge on any atom is -0.394 e. The van der Waals surface area contributed by atoms with E-state index in [1.807, 2.05) is 10.9 Å². The van der Waals surface area contributed by atoms with Crippen molar-refractivity contribution in [3.63, 3.8) is 0 Å². The van der Waals surface area contributed by atoms with Crippen LogP contribution in [0, 0.1) is 5.92 Å². The van der Waals surface area contributed by atoms with Gasteiger partial charge >= 0.3 is 0 Å². The number of nitrogens with one attached hydrogen (secondary N) is 1. The van der Waals surface area contributed by atoms with Crippen LogP contribution in [0.4, 0.5) is 0 Å². The molecule has 5 nitrogen and oxygen atoms in total. The first-order chi connectivity index (χ1) is 9.81. The van der Waals surface area contributed by atoms with Crippen LogP contribution in [0.25, 0.3) is 0 Å². The van der Waals surface area contributed by atoms with E-state index in [1.165, 1.54) is 37.9 Å². The summed E-state index contributed by atoms with van der Waals surface area (Å²) >= 11 is 0. The summed E-state index contributed by atoms with van der Waals surface area (Å²) in [7, 11) is 0. The third kappa shape index (κ3) is 4.89. The van der Waals surface area contributed by atoms with Gasteiger partial charge in [0.25, 0.3) is 0 Å². The van der Waals surface area contributed by atoms with Gasteiger partial charge in [0.15, 0.2) is 0 Å². The van der Waals surface area contributed by atoms with Crippen molar-refractivity contribution in [1.29, 1.82) is 0 Å². The summed E-state index contributed by atoms with van der Waals surface area (Å²) in [4.78, 5) is 2.54. The standard InChI is InChI=1S/C15H28N4O/c1-2-6-18(11-14-4-3-5-16-9-14)12-15-10-17-19(13-15)7-8-20/h10,13-14,16,20H,2-9,11-12H2,1H3. The normalized spacial score (nSPS) is 19.6. The predicted molar refractivity (Wildman–Crippen MR) is 80.5 cm³/mol. The van der Waals surface area contributed by atoms with E-state index in [-0.39, 0.29) is 6.61 Å². The number of aromatic nitrogens is 2. The number of hydrogen-bond donors (Lipinski definition) is 2. The van der Waals surface area contributed by atoms with Gasteiger partial charge in [0.2, 0.25) is 0 Å². The molecule has 1 aliphatic heterocycles. The van der Waals surface area contributed by atoms with Crippen molar-refractivity contribution in [2.45, 2.75) is 39.3 Å². The van der Waals surface area contributed by atoms with Crippen LogP contribution in [0.2, 0.25) is 0 Å². The molecule has 1 atom stereocenters. The first-order valence-electron chi connectivity index (χ1n) is 7.87. The number of aliphatic hydroxyl groups excluding tert-OH is 1. The van der Waals surface area contributed by atoms with Crippen LogP contribution >= 0.6 is 0 Å². The minimum absolute atomic E-state index is 0.146. The Hall–Kier alpha value is -0.910. The van der Waals surface area contributed by atoms with E-state index in [1.54, 1.807) is 0 Å². The highest BCUT2D eigenvalue weighted by Crippen LogP contribution is 2.14. The SMILES string of the molecule is CCCN(Cc1cnn(CCO)c1)CC1CCCNC1. The van der Waals surface area contributed by atoms with E-state index in [0.29, 0.717) is 6.54 Å². The van der Waals surface area contributed by atoms with E-state index in [4.69, 9.17) is 5.11 Å². The molecular formula is C15H28N4O. The molecule has 0 saturated carbocycles. The Morgan fingerprint density at radius 2 is 2.45 bits per heavy atom. The lowest BCUT2D eigenvalue weighted by molar-refractivity contribution is 0.201. The number of aliphatic hydroxyl groups is 1. The van der Waals surface area contributed by atoms with Crippen LogP contribution in [0.3, 0.4) is 0 Å². The molecule has 1 aliphatic rings. The maximum Gasteiger partial charge on any atom is 0.0640 e. The minimum atomic E-state index is 0.146. The van der Waals surface area contributed by atoms with Gasteiger partial charge < -0.3 is 10.4 Å². The van der Waals surface area contributed by atoms with E-state index in [0.717, 1.165) is 25.6 Å². The molecule has 1 aromatic heterocycles. The zero-order valence-electron chi connectivity index (χ0n) is 12.6. The lowest BCUT2D eigenvalue weighted by Crippen LogP contribution is -2.38. The summed E-state index contributed by atoms with van der Waals surface area (Å²) in [5.41, 5.74) is 1.25. The summed E-state index contributed by atoms with van der Waals surface area (Å²) in [6.45, 7) is 8.58. The maximum absolute atomic E-state index is 8.93. The number of hydrogen-bond acceptors (Lipinski definition) is 4. The van der Waals surface area contributed by atoms with Crippen LogP contribution in [-0.2, 0) is 13.1 Å². The molecule has 5 heteroatoms. The highest BCUT2D eigenvalue weighted by atomic mass is 16.3. The van der Waals surface area contributed by atoms with E-state index in [9.17, 15) is 0 Å². The molecule has 2 rings (SSSR count). The fraction of sp³-hybridized carbons (Fsp3) is 0.800. The van der Waals surface area contributed by atoms with E-state index < -0.39 is 0 Å². The summed E-state index contributed by atoms with van der Waals surface area (Å²) in [6, 6.07) is 0. The molecule has 1 fully saturated rings. The van der Waals surface area contributed by atoms with Gasteiger partial charge in [-0.3, -0.25) is 9.58 Å². The topological polar surface area (TPSA) is 53.3 Å². The molecule has 1 unspecified atom stereocenters. The van der Waals surface area contributed by atoms with Gasteiger partial charge in [-0.1, -0.05) is 6.92 Å². The molecule has 0 aromatic carbocycles. The third-order valence-electron chi connectivity index (χ3n) is 3.88. The molecule has 0 spiro atoms. The zero-order chi connectivity index (χ0) is 14.2. The average Bonchev–Trinajstić information content (AvgIpc) is 2.88. The molecule has 2 N–H and O–H groups in total. The lowest BCUT2D eigenvalue weighted by Gasteiger charge is -2.29. The smallest absolute Gasteiger partial charge is 0.0640 e. The lowest BCUT2D eigenvalue weighted by atomic mass is 9.99. The molecule has 2 heterocycles. The van der Waals surface area contributed by atoms with Crippen molar-refractivity contribution in [3.8, 4) is 0 Å². The fourth-order valence-electron chi connectivity index (χ4n) is 2.97. The molecule has 0 amide bonds. The van der Waals surface area contributed by atoms with Crippen molar-refractivity contribution in [3.05, 3.63) is 18.0 Å². The second-order valence-electron chi connectivity index (χ2n) is 5.78. The van der Waals surface area contributed by atoms with Crippen molar-refractivity contribution in [1.82, 2.24) is 20.0 Å². The molecule has 20 heavy (non-hydrogen) atoms. The Morgan fingerprint density at radius 3 is 3.15 bits per heavy atom. The summed E-state index contributed by atoms with van der Waals surface area (Å²) in [5, 5.41) is 16.7. The molecule has 1 aromatic rings. The average molecular weight is 280 g/mol. The number of piperidine rings is 1. The summed E-state index contributed by atoms with van der Waals surface area (Å²) in [5.74, 6) is 0.780. The van der Waals surface area contributed by atoms with Crippen LogP contribution < -0.4 is 5.32 Å². The van der Waals surface area contributed by atoms with Crippen LogP contribution in [-0.4, -0.2) is 52.6 Å². The van der Waals surface area contributed by atoms with Crippen molar-refractivity contribution in [2.24, 2.45) is 5.92 Å². The quantitative estimate of drug-likeness (QED) is 0.748. The molecule has 0 bridgehead atoms. The Morgan fingerprint density at radius 1 is 1.55 bits per heavy atom. The summed E-state index contributed by atoms with van der Waals surface area (Å²) < 4.78 is 1.82. The Labute approximate surface area is 122 Å². The molecule has 0 aliphatic carbocycles. The second-order valence-corrected chi connectivity index (χ2v) is 5.78. The van der Waals surface area contributed by atoms with Crippen molar-refractivity contribution < 1.29 is 5.11 Å². The number of nitrogens with zero attached hydrogens (tertiary/aromatic N) is 3. The first kappa shape index (κ1) is 15.5. The van der Waals surface area contributed by atoms with Crippen LogP contribution in [0.15, 0.2) is 12.4 Å². The zero-order valence-corrected chi connectivity index (χ0v) is 12.6. The Balaban J connectivity index is 1.86. The van der Waals surface area contributed by atoms with Gasteiger partial charge in [0.05, 0.1) is 19.3 Å². The van der Waals surface area contributed by atoms with Gasteiger partial charge in [-0.2, -0.15) is 5.10 Å². The predicted octanol–water partition coefficient (Wildman–Crippen LogP) is 1.09. The third-order valence-corrected chi connectivity index (χ3v) is 3.88. The Kier molecular flexibility index (Phi) is 6.50. The van der Waals surface area contributed by atoms with E-state index >= 15 is 0 Å². The van der Waals surface area contributed by atoms with Gasteiger partial charge in [-0.05, 0) is 44.8 Å². The highest BCUT2D eigenvalue weighted by molar-refractivity contribution is 5.03. The van der Waals surface area contributed by atoms with Crippen molar-refractivity contribution >= 4 is 0 Å². The maximum atomic E-state index is 8.93. The van der Waals surface area contributed by atoms with Gasteiger partial charge in [0.1, 0.15) is 0 Å². The Bertz CT molecular complexity index is 374. The first-order valence-corrected chi connectivity index (χ1v) is 7.87. The van der Waals surface area contributed by atoms with Crippen molar-refractivity contribution in [2.75, 3.05) is 32.8 Å². The largest absolute Gasteiger partial charge is 0.394 e.